The van der Waals surface area contributed by atoms with Gasteiger partial charge in [0.2, 0.25) is 0 Å². The van der Waals surface area contributed by atoms with Crippen molar-refractivity contribution >= 4 is 33.4 Å². The van der Waals surface area contributed by atoms with Gasteiger partial charge in [-0.05, 0) is 56.0 Å². The molecule has 1 aromatic carbocycles. The van der Waals surface area contributed by atoms with Gasteiger partial charge in [0.25, 0.3) is 5.91 Å². The largest absolute Gasteiger partial charge is 0.483 e. The number of fused-ring (bicyclic) bond motifs is 1. The molecule has 6 heteroatoms. The molecule has 0 bridgehead atoms. The van der Waals surface area contributed by atoms with Gasteiger partial charge >= 0.3 is 0 Å². The molecular formula is C23H21BrN2O3. The summed E-state index contributed by atoms with van der Waals surface area (Å²) in [5.41, 5.74) is 2.18. The van der Waals surface area contributed by atoms with E-state index in [0.29, 0.717) is 11.4 Å². The normalized spacial score (nSPS) is 26.3. The Morgan fingerprint density at radius 1 is 1.07 bits per heavy atom. The molecule has 148 valence electrons. The number of pyridine rings is 1. The first-order chi connectivity index (χ1) is 14.0. The van der Waals surface area contributed by atoms with Crippen LogP contribution in [-0.2, 0) is 14.3 Å². The van der Waals surface area contributed by atoms with Gasteiger partial charge in [0.15, 0.2) is 11.5 Å². The van der Waals surface area contributed by atoms with Crippen LogP contribution in [0.5, 0.6) is 0 Å². The van der Waals surface area contributed by atoms with Crippen molar-refractivity contribution in [3.8, 4) is 0 Å². The Kier molecular flexibility index (Phi) is 4.54. The highest BCUT2D eigenvalue weighted by molar-refractivity contribution is 9.10. The van der Waals surface area contributed by atoms with Crippen LogP contribution in [0.15, 0.2) is 58.3 Å². The van der Waals surface area contributed by atoms with Crippen molar-refractivity contribution in [2.45, 2.75) is 44.8 Å². The summed E-state index contributed by atoms with van der Waals surface area (Å²) in [5, 5.41) is 0. The average Bonchev–Trinajstić information content (AvgIpc) is 3.02. The number of Topliss-reactive ketones (excluding diaryl/α,β-unsaturated/α-hetero) is 1. The fourth-order valence-corrected chi connectivity index (χ4v) is 4.97. The summed E-state index contributed by atoms with van der Waals surface area (Å²) in [6.45, 7) is 1.89. The third-order valence-electron chi connectivity index (χ3n) is 6.07. The summed E-state index contributed by atoms with van der Waals surface area (Å²) in [6.07, 6.45) is 3.52. The molecule has 1 aliphatic carbocycles. The van der Waals surface area contributed by atoms with Crippen LogP contribution in [0, 0.1) is 12.8 Å². The Balaban J connectivity index is 1.66. The van der Waals surface area contributed by atoms with Crippen LogP contribution in [-0.4, -0.2) is 22.8 Å². The van der Waals surface area contributed by atoms with E-state index in [2.05, 4.69) is 20.9 Å². The zero-order valence-corrected chi connectivity index (χ0v) is 17.7. The van der Waals surface area contributed by atoms with Gasteiger partial charge in [0.05, 0.1) is 17.5 Å². The van der Waals surface area contributed by atoms with Gasteiger partial charge in [-0.1, -0.05) is 40.5 Å². The van der Waals surface area contributed by atoms with Crippen molar-refractivity contribution < 1.29 is 14.3 Å². The lowest BCUT2D eigenvalue weighted by atomic mass is 9.77. The number of rotatable bonds is 2. The molecule has 29 heavy (non-hydrogen) atoms. The second-order valence-electron chi connectivity index (χ2n) is 7.92. The predicted molar refractivity (Wildman–Crippen MR) is 112 cm³/mol. The zero-order valence-electron chi connectivity index (χ0n) is 16.1. The molecule has 0 spiro atoms. The molecule has 1 aromatic heterocycles. The predicted octanol–water partition coefficient (Wildman–Crippen LogP) is 4.65. The molecule has 0 radical (unpaired) electrons. The molecule has 3 aliphatic rings. The molecule has 2 aliphatic heterocycles. The van der Waals surface area contributed by atoms with Gasteiger partial charge in [0, 0.05) is 10.2 Å². The number of aromatic nitrogens is 1. The van der Waals surface area contributed by atoms with E-state index in [1.807, 2.05) is 49.4 Å². The van der Waals surface area contributed by atoms with Crippen molar-refractivity contribution in [3.63, 3.8) is 0 Å². The van der Waals surface area contributed by atoms with Crippen LogP contribution in [0.25, 0.3) is 0 Å². The van der Waals surface area contributed by atoms with Gasteiger partial charge in [0.1, 0.15) is 11.9 Å². The Bertz CT molecular complexity index is 1030. The minimum Gasteiger partial charge on any atom is -0.483 e. The maximum absolute atomic E-state index is 13.5. The Morgan fingerprint density at radius 3 is 2.59 bits per heavy atom. The number of carbonyl (C=O) groups excluding carboxylic acids is 2. The summed E-state index contributed by atoms with van der Waals surface area (Å²) in [5.74, 6) is 0.389. The first-order valence-electron chi connectivity index (χ1n) is 10.0. The molecule has 3 unspecified atom stereocenters. The Hall–Kier alpha value is -2.47. The number of halogens is 1. The van der Waals surface area contributed by atoms with Gasteiger partial charge in [-0.3, -0.25) is 14.5 Å². The molecule has 5 nitrogen and oxygen atoms in total. The Morgan fingerprint density at radius 2 is 1.83 bits per heavy atom. The van der Waals surface area contributed by atoms with Crippen LogP contribution in [0.3, 0.4) is 0 Å². The summed E-state index contributed by atoms with van der Waals surface area (Å²) in [7, 11) is 0. The lowest BCUT2D eigenvalue weighted by Crippen LogP contribution is -2.39. The van der Waals surface area contributed by atoms with Gasteiger partial charge in [-0.15, -0.1) is 0 Å². The molecule has 1 fully saturated rings. The molecule has 3 heterocycles. The summed E-state index contributed by atoms with van der Waals surface area (Å²) >= 11 is 3.47. The lowest BCUT2D eigenvalue weighted by Gasteiger charge is -2.35. The molecule has 0 N–H and O–H groups in total. The summed E-state index contributed by atoms with van der Waals surface area (Å²) in [6, 6.07) is 12.8. The van der Waals surface area contributed by atoms with Crippen molar-refractivity contribution in [2.75, 3.05) is 4.90 Å². The summed E-state index contributed by atoms with van der Waals surface area (Å²) < 4.78 is 7.13. The van der Waals surface area contributed by atoms with Crippen LogP contribution >= 0.6 is 15.9 Å². The van der Waals surface area contributed by atoms with Gasteiger partial charge in [-0.2, -0.15) is 0 Å². The van der Waals surface area contributed by atoms with E-state index < -0.39 is 6.04 Å². The topological polar surface area (TPSA) is 59.5 Å². The fourth-order valence-electron chi connectivity index (χ4n) is 4.70. The molecular weight excluding hydrogens is 432 g/mol. The van der Waals surface area contributed by atoms with Crippen molar-refractivity contribution in [1.82, 2.24) is 4.98 Å². The number of anilines is 1. The number of amides is 1. The van der Waals surface area contributed by atoms with E-state index in [0.717, 1.165) is 41.4 Å². The van der Waals surface area contributed by atoms with Crippen molar-refractivity contribution in [1.29, 1.82) is 0 Å². The molecule has 3 atom stereocenters. The van der Waals surface area contributed by atoms with Crippen molar-refractivity contribution in [3.05, 3.63) is 69.5 Å². The SMILES string of the molecule is Cc1cccc(N2C(=O)C3=C(C(=O)C4CCCCC4O3)C2c2ccc(Br)cc2)n1. The number of aryl methyl sites for hydroxylation is 1. The highest BCUT2D eigenvalue weighted by Gasteiger charge is 2.52. The third kappa shape index (κ3) is 3.01. The lowest BCUT2D eigenvalue weighted by molar-refractivity contribution is -0.131. The smallest absolute Gasteiger partial charge is 0.295 e. The van der Waals surface area contributed by atoms with E-state index in [1.165, 1.54) is 0 Å². The zero-order chi connectivity index (χ0) is 20.1. The number of hydrogen-bond donors (Lipinski definition) is 0. The number of nitrogens with zero attached hydrogens (tertiary/aromatic N) is 2. The van der Waals surface area contributed by atoms with E-state index >= 15 is 0 Å². The summed E-state index contributed by atoms with van der Waals surface area (Å²) in [4.78, 5) is 33.2. The fraction of sp³-hybridized carbons (Fsp3) is 0.348. The standard InChI is InChI=1S/C23H21BrN2O3/c1-13-5-4-8-18(25-13)26-20(14-9-11-15(24)12-10-14)19-21(27)16-6-2-3-7-17(16)29-22(19)23(26)28/h4-5,8-12,16-17,20H,2-3,6-7H2,1H3. The number of ketones is 1. The monoisotopic (exact) mass is 452 g/mol. The third-order valence-corrected chi connectivity index (χ3v) is 6.60. The number of ether oxygens (including phenoxy) is 1. The Labute approximate surface area is 177 Å². The van der Waals surface area contributed by atoms with Gasteiger partial charge in [-0.25, -0.2) is 4.98 Å². The van der Waals surface area contributed by atoms with Crippen LogP contribution in [0.1, 0.15) is 43.0 Å². The molecule has 2 aromatic rings. The van der Waals surface area contributed by atoms with Gasteiger partial charge < -0.3 is 4.74 Å². The quantitative estimate of drug-likeness (QED) is 0.664. The van der Waals surface area contributed by atoms with E-state index in [4.69, 9.17) is 4.74 Å². The maximum Gasteiger partial charge on any atom is 0.295 e. The van der Waals surface area contributed by atoms with Crippen LogP contribution in [0.4, 0.5) is 5.82 Å². The maximum atomic E-state index is 13.5. The number of carbonyl (C=O) groups is 2. The second kappa shape index (κ2) is 7.10. The first kappa shape index (κ1) is 18.6. The van der Waals surface area contributed by atoms with Crippen LogP contribution < -0.4 is 4.90 Å². The van der Waals surface area contributed by atoms with Crippen molar-refractivity contribution in [2.24, 2.45) is 5.92 Å². The molecule has 5 rings (SSSR count). The van der Waals surface area contributed by atoms with E-state index in [1.54, 1.807) is 4.90 Å². The highest BCUT2D eigenvalue weighted by Crippen LogP contribution is 2.48. The van der Waals surface area contributed by atoms with E-state index in [-0.39, 0.29) is 29.5 Å². The highest BCUT2D eigenvalue weighted by atomic mass is 79.9. The molecule has 1 saturated carbocycles. The first-order valence-corrected chi connectivity index (χ1v) is 10.8. The minimum atomic E-state index is -0.518. The second-order valence-corrected chi connectivity index (χ2v) is 8.84. The number of benzene rings is 1. The molecule has 1 amide bonds. The number of hydrogen-bond acceptors (Lipinski definition) is 4. The average molecular weight is 453 g/mol. The minimum absolute atomic E-state index is 0.0624. The van der Waals surface area contributed by atoms with E-state index in [9.17, 15) is 9.59 Å². The molecule has 0 saturated heterocycles. The van der Waals surface area contributed by atoms with Crippen LogP contribution in [0.2, 0.25) is 0 Å².